The van der Waals surface area contributed by atoms with E-state index in [1.54, 1.807) is 18.3 Å². The molecule has 0 aliphatic heterocycles. The summed E-state index contributed by atoms with van der Waals surface area (Å²) >= 11 is 0. The number of carbonyl (C=O) groups excluding carboxylic acids is 1. The second-order valence-corrected chi connectivity index (χ2v) is 2.31. The minimum Gasteiger partial charge on any atom is -0.324 e. The van der Waals surface area contributed by atoms with Gasteiger partial charge in [-0.1, -0.05) is 0 Å². The lowest BCUT2D eigenvalue weighted by atomic mass is 10.1. The number of nitrogens with zero attached hydrogens (tertiary/aromatic N) is 1. The lowest BCUT2D eigenvalue weighted by Gasteiger charge is -1.96. The lowest BCUT2D eigenvalue weighted by Crippen LogP contribution is -2.13. The Morgan fingerprint density at radius 1 is 1.54 bits per heavy atom. The van der Waals surface area contributed by atoms with Crippen molar-refractivity contribution in [2.45, 2.75) is 6.92 Å². The minimum absolute atomic E-state index is 0. The lowest BCUT2D eigenvalue weighted by molar-refractivity contribution is 0.100. The molecule has 0 aliphatic rings. The second kappa shape index (κ2) is 6.83. The molecule has 1 aromatic rings. The summed E-state index contributed by atoms with van der Waals surface area (Å²) in [5.41, 5.74) is 6.66. The number of aromatic nitrogens is 1. The highest BCUT2D eigenvalue weighted by atomic mass is 35.5. The van der Waals surface area contributed by atoms with Gasteiger partial charge in [0.2, 0.25) is 0 Å². The molecule has 0 atom stereocenters. The van der Waals surface area contributed by atoms with E-state index in [2.05, 4.69) is 4.98 Å². The minimum atomic E-state index is -0.0458. The number of aryl methyl sites for hydroxylation is 1. The summed E-state index contributed by atoms with van der Waals surface area (Å²) in [4.78, 5) is 15.0. The van der Waals surface area contributed by atoms with E-state index in [9.17, 15) is 4.79 Å². The molecule has 74 valence electrons. The third-order valence-corrected chi connectivity index (χ3v) is 1.40. The van der Waals surface area contributed by atoms with Gasteiger partial charge in [-0.05, 0) is 19.1 Å². The van der Waals surface area contributed by atoms with Crippen molar-refractivity contribution in [2.24, 2.45) is 5.73 Å². The number of pyridine rings is 1. The summed E-state index contributed by atoms with van der Waals surface area (Å²) in [7, 11) is 0. The van der Waals surface area contributed by atoms with Gasteiger partial charge >= 0.3 is 0 Å². The van der Waals surface area contributed by atoms with Crippen LogP contribution in [0.2, 0.25) is 0 Å². The van der Waals surface area contributed by atoms with E-state index in [0.717, 1.165) is 5.69 Å². The Bertz CT molecular complexity index is 279. The molecule has 5 heteroatoms. The molecule has 0 aliphatic carbocycles. The third-order valence-electron chi connectivity index (χ3n) is 1.40. The average Bonchev–Trinajstić information content (AvgIpc) is 2.03. The number of nitrogens with two attached hydrogens (primary N) is 1. The Morgan fingerprint density at radius 2 is 2.15 bits per heavy atom. The molecule has 0 saturated carbocycles. The van der Waals surface area contributed by atoms with E-state index < -0.39 is 0 Å². The van der Waals surface area contributed by atoms with Crippen LogP contribution in [0, 0.1) is 6.92 Å². The number of hydrogen-bond acceptors (Lipinski definition) is 3. The van der Waals surface area contributed by atoms with Gasteiger partial charge in [0.05, 0.1) is 6.54 Å². The van der Waals surface area contributed by atoms with Crippen LogP contribution in [0.25, 0.3) is 0 Å². The molecule has 1 heterocycles. The van der Waals surface area contributed by atoms with Gasteiger partial charge in [0.1, 0.15) is 0 Å². The Labute approximate surface area is 89.6 Å². The van der Waals surface area contributed by atoms with Crippen LogP contribution in [0.1, 0.15) is 16.1 Å². The monoisotopic (exact) mass is 222 g/mol. The van der Waals surface area contributed by atoms with Crippen molar-refractivity contribution in [1.82, 2.24) is 4.98 Å². The van der Waals surface area contributed by atoms with Gasteiger partial charge in [0, 0.05) is 17.5 Å². The Morgan fingerprint density at radius 3 is 2.62 bits per heavy atom. The van der Waals surface area contributed by atoms with Crippen molar-refractivity contribution in [3.8, 4) is 0 Å². The molecule has 0 saturated heterocycles. The number of hydrogen-bond donors (Lipinski definition) is 1. The zero-order chi connectivity index (χ0) is 8.27. The molecule has 3 nitrogen and oxygen atoms in total. The summed E-state index contributed by atoms with van der Waals surface area (Å²) < 4.78 is 0. The highest BCUT2D eigenvalue weighted by Crippen LogP contribution is 2.00. The second-order valence-electron chi connectivity index (χ2n) is 2.31. The Hall–Kier alpha value is -0.640. The summed E-state index contributed by atoms with van der Waals surface area (Å²) in [6.45, 7) is 1.90. The molecule has 1 rings (SSSR count). The topological polar surface area (TPSA) is 56.0 Å². The molecule has 0 spiro atoms. The van der Waals surface area contributed by atoms with Crippen molar-refractivity contribution >= 4 is 30.6 Å². The largest absolute Gasteiger partial charge is 0.324 e. The van der Waals surface area contributed by atoms with Crippen LogP contribution in [0.5, 0.6) is 0 Å². The van der Waals surface area contributed by atoms with E-state index in [1.165, 1.54) is 0 Å². The van der Waals surface area contributed by atoms with Gasteiger partial charge in [-0.3, -0.25) is 9.78 Å². The number of Topliss-reactive ketones (excluding diaryl/α,β-unsaturated/α-hetero) is 1. The fraction of sp³-hybridized carbons (Fsp3) is 0.250. The first-order valence-electron chi connectivity index (χ1n) is 3.40. The molecule has 0 amide bonds. The number of halogens is 2. The fourth-order valence-electron chi connectivity index (χ4n) is 0.837. The van der Waals surface area contributed by atoms with Crippen molar-refractivity contribution in [3.05, 3.63) is 29.6 Å². The van der Waals surface area contributed by atoms with E-state index in [-0.39, 0.29) is 37.1 Å². The first-order chi connectivity index (χ1) is 5.24. The molecule has 1 aromatic heterocycles. The molecule has 0 aromatic carbocycles. The summed E-state index contributed by atoms with van der Waals surface area (Å²) in [6.07, 6.45) is 1.61. The van der Waals surface area contributed by atoms with Crippen LogP contribution in [0.15, 0.2) is 18.3 Å². The van der Waals surface area contributed by atoms with E-state index in [0.29, 0.717) is 5.56 Å². The predicted molar refractivity (Wildman–Crippen MR) is 56.9 cm³/mol. The maximum atomic E-state index is 11.0. The molecule has 0 bridgehead atoms. The number of rotatable bonds is 2. The van der Waals surface area contributed by atoms with Gasteiger partial charge in [-0.15, -0.1) is 24.8 Å². The van der Waals surface area contributed by atoms with Gasteiger partial charge in [-0.25, -0.2) is 0 Å². The first-order valence-corrected chi connectivity index (χ1v) is 3.40. The van der Waals surface area contributed by atoms with Gasteiger partial charge < -0.3 is 5.73 Å². The molecular weight excluding hydrogens is 211 g/mol. The normalized spacial score (nSPS) is 8.15. The van der Waals surface area contributed by atoms with Crippen molar-refractivity contribution in [2.75, 3.05) is 6.54 Å². The van der Waals surface area contributed by atoms with Crippen LogP contribution < -0.4 is 5.73 Å². The predicted octanol–water partition coefficient (Wildman–Crippen LogP) is 1.38. The number of carbonyl (C=O) groups is 1. The average molecular weight is 223 g/mol. The number of ketones is 1. The van der Waals surface area contributed by atoms with Gasteiger partial charge in [-0.2, -0.15) is 0 Å². The standard InChI is InChI=1S/C8H10N2O.2ClH/c1-6-4-7(2-3-10-6)8(11)5-9;;/h2-4H,5,9H2,1H3;2*1H. The highest BCUT2D eigenvalue weighted by Gasteiger charge is 2.01. The highest BCUT2D eigenvalue weighted by molar-refractivity contribution is 5.97. The summed E-state index contributed by atoms with van der Waals surface area (Å²) in [6, 6.07) is 3.40. The summed E-state index contributed by atoms with van der Waals surface area (Å²) in [5, 5.41) is 0. The van der Waals surface area contributed by atoms with E-state index in [1.807, 2.05) is 6.92 Å². The molecule has 13 heavy (non-hydrogen) atoms. The van der Waals surface area contributed by atoms with Crippen molar-refractivity contribution in [3.63, 3.8) is 0 Å². The Kier molecular flexibility index (Phi) is 7.81. The van der Waals surface area contributed by atoms with Gasteiger partial charge in [0.15, 0.2) is 5.78 Å². The van der Waals surface area contributed by atoms with Crippen LogP contribution in [0.3, 0.4) is 0 Å². The molecule has 0 radical (unpaired) electrons. The van der Waals surface area contributed by atoms with Crippen LogP contribution in [0.4, 0.5) is 0 Å². The van der Waals surface area contributed by atoms with Crippen molar-refractivity contribution in [1.29, 1.82) is 0 Å². The fourth-order valence-corrected chi connectivity index (χ4v) is 0.837. The molecular formula is C8H12Cl2N2O. The summed E-state index contributed by atoms with van der Waals surface area (Å²) in [5.74, 6) is -0.0458. The SMILES string of the molecule is Cc1cc(C(=O)CN)ccn1.Cl.Cl. The van der Waals surface area contributed by atoms with Crippen molar-refractivity contribution < 1.29 is 4.79 Å². The maximum Gasteiger partial charge on any atom is 0.176 e. The Balaban J connectivity index is 0. The van der Waals surface area contributed by atoms with Crippen LogP contribution in [-0.2, 0) is 0 Å². The molecule has 0 fully saturated rings. The molecule has 2 N–H and O–H groups in total. The van der Waals surface area contributed by atoms with Gasteiger partial charge in [0.25, 0.3) is 0 Å². The van der Waals surface area contributed by atoms with E-state index in [4.69, 9.17) is 5.73 Å². The maximum absolute atomic E-state index is 11.0. The first kappa shape index (κ1) is 14.9. The zero-order valence-corrected chi connectivity index (χ0v) is 8.82. The van der Waals surface area contributed by atoms with Crippen LogP contribution >= 0.6 is 24.8 Å². The third kappa shape index (κ3) is 4.22. The zero-order valence-electron chi connectivity index (χ0n) is 7.19. The smallest absolute Gasteiger partial charge is 0.176 e. The quantitative estimate of drug-likeness (QED) is 0.770. The van der Waals surface area contributed by atoms with E-state index >= 15 is 0 Å². The molecule has 0 unspecified atom stereocenters. The van der Waals surface area contributed by atoms with Crippen LogP contribution in [-0.4, -0.2) is 17.3 Å².